The van der Waals surface area contributed by atoms with Crippen molar-refractivity contribution in [2.75, 3.05) is 6.61 Å². The molecule has 2 atom stereocenters. The van der Waals surface area contributed by atoms with Gasteiger partial charge in [0.1, 0.15) is 0 Å². The zero-order valence-electron chi connectivity index (χ0n) is 11.5. The number of rotatable bonds is 3. The molecule has 1 aliphatic heterocycles. The molecule has 1 aromatic carbocycles. The number of carbonyl (C=O) groups is 3. The topological polar surface area (TPSA) is 81.7 Å². The van der Waals surface area contributed by atoms with E-state index in [1.54, 1.807) is 31.2 Å². The Hall–Kier alpha value is -1.92. The Labute approximate surface area is 126 Å². The Kier molecular flexibility index (Phi) is 4.29. The lowest BCUT2D eigenvalue weighted by Crippen LogP contribution is -2.40. The van der Waals surface area contributed by atoms with Gasteiger partial charge in [-0.2, -0.15) is 0 Å². The average molecular weight is 312 g/mol. The van der Waals surface area contributed by atoms with Gasteiger partial charge < -0.3 is 9.47 Å². The molecule has 0 aromatic heterocycles. The van der Waals surface area contributed by atoms with Crippen LogP contribution in [0.1, 0.15) is 19.4 Å². The SMILES string of the molecule is CCOC(=O)NC1OC(C)(c2ccc(Cl)cc2)C(=O)C1=O. The van der Waals surface area contributed by atoms with Crippen molar-refractivity contribution in [2.24, 2.45) is 0 Å². The van der Waals surface area contributed by atoms with Crippen LogP contribution in [0, 0.1) is 0 Å². The van der Waals surface area contributed by atoms with Crippen LogP contribution >= 0.6 is 11.6 Å². The molecule has 112 valence electrons. The molecule has 1 aliphatic rings. The Morgan fingerprint density at radius 3 is 2.57 bits per heavy atom. The standard InChI is InChI=1S/C14H14ClNO5/c1-3-20-13(19)16-12-10(17)11(18)14(2,21-12)8-4-6-9(15)7-5-8/h4-7,12H,3H2,1-2H3,(H,16,19). The molecule has 21 heavy (non-hydrogen) atoms. The fraction of sp³-hybridized carbons (Fsp3) is 0.357. The molecule has 0 radical (unpaired) electrons. The first kappa shape index (κ1) is 15.5. The van der Waals surface area contributed by atoms with Crippen molar-refractivity contribution in [2.45, 2.75) is 25.7 Å². The van der Waals surface area contributed by atoms with E-state index >= 15 is 0 Å². The van der Waals surface area contributed by atoms with E-state index in [-0.39, 0.29) is 6.61 Å². The number of alkyl carbamates (subject to hydrolysis) is 1. The summed E-state index contributed by atoms with van der Waals surface area (Å²) < 4.78 is 10.1. The summed E-state index contributed by atoms with van der Waals surface area (Å²) in [5.41, 5.74) is -0.968. The van der Waals surface area contributed by atoms with E-state index in [2.05, 4.69) is 10.1 Å². The van der Waals surface area contributed by atoms with E-state index < -0.39 is 29.5 Å². The molecule has 1 N–H and O–H groups in total. The molecule has 0 bridgehead atoms. The molecule has 0 saturated carbocycles. The van der Waals surface area contributed by atoms with Crippen molar-refractivity contribution in [3.8, 4) is 0 Å². The number of hydrogen-bond donors (Lipinski definition) is 1. The maximum Gasteiger partial charge on any atom is 0.409 e. The van der Waals surface area contributed by atoms with Crippen LogP contribution in [-0.2, 0) is 24.7 Å². The van der Waals surface area contributed by atoms with E-state index in [4.69, 9.17) is 16.3 Å². The van der Waals surface area contributed by atoms with Gasteiger partial charge in [0, 0.05) is 5.02 Å². The Bertz CT molecular complexity index is 586. The highest BCUT2D eigenvalue weighted by Crippen LogP contribution is 2.34. The highest BCUT2D eigenvalue weighted by Gasteiger charge is 2.52. The van der Waals surface area contributed by atoms with Crippen LogP contribution in [-0.4, -0.2) is 30.5 Å². The summed E-state index contributed by atoms with van der Waals surface area (Å²) in [6, 6.07) is 6.38. The maximum atomic E-state index is 12.2. The third-order valence-corrected chi connectivity index (χ3v) is 3.42. The van der Waals surface area contributed by atoms with E-state index in [1.165, 1.54) is 6.92 Å². The summed E-state index contributed by atoms with van der Waals surface area (Å²) in [5.74, 6) is -1.55. The Morgan fingerprint density at radius 2 is 2.00 bits per heavy atom. The van der Waals surface area contributed by atoms with Crippen LogP contribution in [0.4, 0.5) is 4.79 Å². The van der Waals surface area contributed by atoms with Crippen LogP contribution in [0.5, 0.6) is 0 Å². The quantitative estimate of drug-likeness (QED) is 0.861. The third kappa shape index (κ3) is 2.91. The first-order chi connectivity index (χ1) is 9.88. The number of hydrogen-bond acceptors (Lipinski definition) is 5. The fourth-order valence-electron chi connectivity index (χ4n) is 2.04. The van der Waals surface area contributed by atoms with Crippen LogP contribution in [0.2, 0.25) is 5.02 Å². The predicted octanol–water partition coefficient (Wildman–Crippen LogP) is 1.80. The van der Waals surface area contributed by atoms with Gasteiger partial charge in [-0.15, -0.1) is 0 Å². The van der Waals surface area contributed by atoms with E-state index in [0.29, 0.717) is 10.6 Å². The van der Waals surface area contributed by atoms with Crippen molar-refractivity contribution in [1.29, 1.82) is 0 Å². The molecule has 7 heteroatoms. The first-order valence-electron chi connectivity index (χ1n) is 6.34. The number of ether oxygens (including phenoxy) is 2. The summed E-state index contributed by atoms with van der Waals surface area (Å²) in [5, 5.41) is 2.72. The number of benzene rings is 1. The summed E-state index contributed by atoms with van der Waals surface area (Å²) in [4.78, 5) is 35.4. The van der Waals surface area contributed by atoms with Gasteiger partial charge in [0.05, 0.1) is 6.61 Å². The second-order valence-corrected chi connectivity index (χ2v) is 5.03. The van der Waals surface area contributed by atoms with Crippen LogP contribution in [0.3, 0.4) is 0 Å². The van der Waals surface area contributed by atoms with Crippen LogP contribution in [0.15, 0.2) is 24.3 Å². The summed E-state index contributed by atoms with van der Waals surface area (Å²) in [7, 11) is 0. The minimum absolute atomic E-state index is 0.148. The number of Topliss-reactive ketones (excluding diaryl/α,β-unsaturated/α-hetero) is 2. The number of amides is 1. The monoisotopic (exact) mass is 311 g/mol. The summed E-state index contributed by atoms with van der Waals surface area (Å²) >= 11 is 5.79. The van der Waals surface area contributed by atoms with Crippen LogP contribution in [0.25, 0.3) is 0 Å². The van der Waals surface area contributed by atoms with E-state index in [0.717, 1.165) is 0 Å². The summed E-state index contributed by atoms with van der Waals surface area (Å²) in [6.45, 7) is 3.25. The summed E-state index contributed by atoms with van der Waals surface area (Å²) in [6.07, 6.45) is -2.17. The van der Waals surface area contributed by atoms with Crippen molar-refractivity contribution >= 4 is 29.3 Å². The average Bonchev–Trinajstić information content (AvgIpc) is 2.65. The normalized spacial score (nSPS) is 25.0. The largest absolute Gasteiger partial charge is 0.450 e. The molecule has 0 spiro atoms. The van der Waals surface area contributed by atoms with Crippen molar-refractivity contribution in [3.63, 3.8) is 0 Å². The van der Waals surface area contributed by atoms with Gasteiger partial charge in [0.25, 0.3) is 5.78 Å². The van der Waals surface area contributed by atoms with Gasteiger partial charge in [-0.25, -0.2) is 4.79 Å². The molecular formula is C14H14ClNO5. The van der Waals surface area contributed by atoms with E-state index in [1.807, 2.05) is 0 Å². The lowest BCUT2D eigenvalue weighted by Gasteiger charge is -2.22. The van der Waals surface area contributed by atoms with Crippen molar-refractivity contribution < 1.29 is 23.9 Å². The Balaban J connectivity index is 2.22. The second-order valence-electron chi connectivity index (χ2n) is 4.60. The highest BCUT2D eigenvalue weighted by molar-refractivity contribution is 6.43. The number of nitrogens with one attached hydrogen (secondary N) is 1. The minimum Gasteiger partial charge on any atom is -0.450 e. The smallest absolute Gasteiger partial charge is 0.409 e. The van der Waals surface area contributed by atoms with Gasteiger partial charge >= 0.3 is 6.09 Å². The molecule has 1 heterocycles. The molecule has 1 amide bonds. The number of halogens is 1. The lowest BCUT2D eigenvalue weighted by atomic mass is 9.91. The minimum atomic E-state index is -1.45. The molecule has 1 saturated heterocycles. The van der Waals surface area contributed by atoms with Gasteiger partial charge in [-0.3, -0.25) is 14.9 Å². The zero-order valence-corrected chi connectivity index (χ0v) is 12.3. The number of carbonyl (C=O) groups excluding carboxylic acids is 3. The van der Waals surface area contributed by atoms with Gasteiger partial charge in [0.15, 0.2) is 5.60 Å². The van der Waals surface area contributed by atoms with Crippen molar-refractivity contribution in [3.05, 3.63) is 34.9 Å². The lowest BCUT2D eigenvalue weighted by molar-refractivity contribution is -0.138. The molecule has 1 aromatic rings. The zero-order chi connectivity index (χ0) is 15.6. The van der Waals surface area contributed by atoms with Crippen LogP contribution < -0.4 is 5.32 Å². The maximum absolute atomic E-state index is 12.2. The molecule has 6 nitrogen and oxygen atoms in total. The number of ketones is 2. The van der Waals surface area contributed by atoms with E-state index in [9.17, 15) is 14.4 Å². The highest BCUT2D eigenvalue weighted by atomic mass is 35.5. The third-order valence-electron chi connectivity index (χ3n) is 3.17. The second kappa shape index (κ2) is 5.83. The predicted molar refractivity (Wildman–Crippen MR) is 73.8 cm³/mol. The van der Waals surface area contributed by atoms with Gasteiger partial charge in [0.2, 0.25) is 12.0 Å². The molecular weight excluding hydrogens is 298 g/mol. The van der Waals surface area contributed by atoms with Crippen molar-refractivity contribution in [1.82, 2.24) is 5.32 Å². The van der Waals surface area contributed by atoms with Gasteiger partial charge in [-0.1, -0.05) is 23.7 Å². The molecule has 2 unspecified atom stereocenters. The Morgan fingerprint density at radius 1 is 1.38 bits per heavy atom. The van der Waals surface area contributed by atoms with Gasteiger partial charge in [-0.05, 0) is 31.5 Å². The fourth-order valence-corrected chi connectivity index (χ4v) is 2.16. The molecule has 0 aliphatic carbocycles. The first-order valence-corrected chi connectivity index (χ1v) is 6.72. The molecule has 1 fully saturated rings. The molecule has 2 rings (SSSR count).